The minimum Gasteiger partial charge on any atom is -0.507 e. The van der Waals surface area contributed by atoms with Crippen molar-refractivity contribution in [1.82, 2.24) is 4.98 Å². The Hall–Kier alpha value is -4.36. The number of ketones is 1. The van der Waals surface area contributed by atoms with E-state index < -0.39 is 29.5 Å². The smallest absolute Gasteiger partial charge is 0.350 e. The zero-order valence-electron chi connectivity index (χ0n) is 21.8. The summed E-state index contributed by atoms with van der Waals surface area (Å²) in [5.41, 5.74) is 0.575. The Balaban J connectivity index is 1.70. The number of thiazole rings is 1. The van der Waals surface area contributed by atoms with Gasteiger partial charge in [-0.3, -0.25) is 14.5 Å². The number of anilines is 1. The van der Waals surface area contributed by atoms with Gasteiger partial charge in [0.25, 0.3) is 5.78 Å². The zero-order valence-corrected chi connectivity index (χ0v) is 24.2. The largest absolute Gasteiger partial charge is 0.507 e. The maximum Gasteiger partial charge on any atom is 0.350 e. The van der Waals surface area contributed by atoms with E-state index >= 15 is 0 Å². The number of fused-ring (bicyclic) bond motifs is 1. The SMILES string of the molecule is C=CCOC(=O)c1sc(N2C(=O)C(=O)/C(=C(/O)c3ccc4c(c3)OCCO4)[C@H]2c2cc(Br)c(O)c(OC)c2)nc1C. The van der Waals surface area contributed by atoms with Crippen LogP contribution in [0.1, 0.15) is 32.5 Å². The van der Waals surface area contributed by atoms with Gasteiger partial charge in [0.15, 0.2) is 28.1 Å². The van der Waals surface area contributed by atoms with Crippen molar-refractivity contribution < 1.29 is 43.5 Å². The fourth-order valence-corrected chi connectivity index (χ4v) is 5.92. The summed E-state index contributed by atoms with van der Waals surface area (Å²) in [6.45, 7) is 5.76. The van der Waals surface area contributed by atoms with Gasteiger partial charge in [-0.25, -0.2) is 9.78 Å². The highest BCUT2D eigenvalue weighted by atomic mass is 79.9. The molecule has 0 bridgehead atoms. The Kier molecular flexibility index (Phi) is 7.74. The van der Waals surface area contributed by atoms with E-state index in [0.717, 1.165) is 16.2 Å². The molecular weight excluding hydrogens is 620 g/mol. The van der Waals surface area contributed by atoms with E-state index in [1.165, 1.54) is 31.4 Å². The van der Waals surface area contributed by atoms with Gasteiger partial charge in [-0.1, -0.05) is 24.0 Å². The van der Waals surface area contributed by atoms with Crippen LogP contribution in [-0.2, 0) is 14.3 Å². The number of aryl methyl sites for hydroxylation is 1. The van der Waals surface area contributed by atoms with Crippen LogP contribution in [0.3, 0.4) is 0 Å². The first kappa shape index (κ1) is 28.2. The number of hydrogen-bond acceptors (Lipinski definition) is 11. The summed E-state index contributed by atoms with van der Waals surface area (Å²) in [4.78, 5) is 45.4. The topological polar surface area (TPSA) is 145 Å². The summed E-state index contributed by atoms with van der Waals surface area (Å²) >= 11 is 4.15. The minimum atomic E-state index is -1.21. The first-order valence-corrected chi connectivity index (χ1v) is 13.8. The highest BCUT2D eigenvalue weighted by molar-refractivity contribution is 9.10. The van der Waals surface area contributed by atoms with Gasteiger partial charge >= 0.3 is 11.9 Å². The Bertz CT molecular complexity index is 1630. The van der Waals surface area contributed by atoms with Gasteiger partial charge in [0, 0.05) is 5.56 Å². The van der Waals surface area contributed by atoms with Gasteiger partial charge in [-0.05, 0) is 58.7 Å². The lowest BCUT2D eigenvalue weighted by molar-refractivity contribution is -0.132. The molecule has 0 spiro atoms. The molecule has 41 heavy (non-hydrogen) atoms. The second-order valence-electron chi connectivity index (χ2n) is 8.88. The lowest BCUT2D eigenvalue weighted by Gasteiger charge is -2.24. The van der Waals surface area contributed by atoms with Crippen LogP contribution in [0, 0.1) is 6.92 Å². The van der Waals surface area contributed by atoms with Crippen LogP contribution in [0.15, 0.2) is 53.0 Å². The van der Waals surface area contributed by atoms with Gasteiger partial charge < -0.3 is 29.2 Å². The molecule has 212 valence electrons. The number of carbonyl (C=O) groups is 3. The van der Waals surface area contributed by atoms with Crippen molar-refractivity contribution in [2.24, 2.45) is 0 Å². The van der Waals surface area contributed by atoms with Crippen LogP contribution < -0.4 is 19.1 Å². The number of aliphatic hydroxyl groups is 1. The number of amides is 1. The summed E-state index contributed by atoms with van der Waals surface area (Å²) in [5.74, 6) is -2.36. The molecule has 2 aliphatic rings. The number of aromatic hydroxyl groups is 1. The Morgan fingerprint density at radius 3 is 2.68 bits per heavy atom. The minimum absolute atomic E-state index is 0.0209. The van der Waals surface area contributed by atoms with E-state index in [1.807, 2.05) is 0 Å². The summed E-state index contributed by atoms with van der Waals surface area (Å²) in [6.07, 6.45) is 1.42. The molecule has 13 heteroatoms. The molecule has 0 radical (unpaired) electrons. The molecule has 1 amide bonds. The fraction of sp³-hybridized carbons (Fsp3) is 0.214. The van der Waals surface area contributed by atoms with E-state index in [9.17, 15) is 24.6 Å². The van der Waals surface area contributed by atoms with E-state index in [1.54, 1.807) is 19.1 Å². The summed E-state index contributed by atoms with van der Waals surface area (Å²) in [5, 5.41) is 21.9. The molecule has 11 nitrogen and oxygen atoms in total. The van der Waals surface area contributed by atoms with Crippen molar-refractivity contribution in [3.8, 4) is 23.0 Å². The van der Waals surface area contributed by atoms with Gasteiger partial charge in [-0.15, -0.1) is 0 Å². The molecule has 2 N–H and O–H groups in total. The standard InChI is InChI=1S/C28H23BrN2O9S/c1-4-7-40-27(36)25-13(2)30-28(41-25)31-21(15-10-16(29)23(33)19(12-15)37-3)20(24(34)26(31)35)22(32)14-5-6-17-18(11-14)39-9-8-38-17/h4-6,10-12,21,32-33H,1,7-9H2,2-3H3/b22-20+/t21-/m1/s1. The highest BCUT2D eigenvalue weighted by Crippen LogP contribution is 2.47. The average molecular weight is 643 g/mol. The molecule has 3 heterocycles. The molecule has 1 aromatic heterocycles. The quantitative estimate of drug-likeness (QED) is 0.123. The van der Waals surface area contributed by atoms with Gasteiger partial charge in [0.1, 0.15) is 30.5 Å². The number of phenols is 1. The highest BCUT2D eigenvalue weighted by Gasteiger charge is 2.49. The number of aromatic nitrogens is 1. The summed E-state index contributed by atoms with van der Waals surface area (Å²) < 4.78 is 21.8. The maximum atomic E-state index is 13.6. The van der Waals surface area contributed by atoms with Crippen LogP contribution >= 0.6 is 27.3 Å². The second kappa shape index (κ2) is 11.3. The van der Waals surface area contributed by atoms with Crippen LogP contribution in [0.2, 0.25) is 0 Å². The first-order valence-electron chi connectivity index (χ1n) is 12.2. The van der Waals surface area contributed by atoms with Gasteiger partial charge in [0.2, 0.25) is 0 Å². The molecule has 0 aliphatic carbocycles. The number of benzene rings is 2. The van der Waals surface area contributed by atoms with E-state index in [2.05, 4.69) is 27.5 Å². The predicted octanol–water partition coefficient (Wildman–Crippen LogP) is 4.67. The molecule has 1 saturated heterocycles. The number of esters is 1. The van der Waals surface area contributed by atoms with E-state index in [4.69, 9.17) is 18.9 Å². The van der Waals surface area contributed by atoms with Crippen molar-refractivity contribution in [1.29, 1.82) is 0 Å². The number of hydrogen-bond donors (Lipinski definition) is 2. The molecule has 1 atom stereocenters. The number of halogens is 1. The number of ether oxygens (including phenoxy) is 4. The van der Waals surface area contributed by atoms with Gasteiger partial charge in [0.05, 0.1) is 28.9 Å². The van der Waals surface area contributed by atoms with Crippen molar-refractivity contribution in [2.75, 3.05) is 31.8 Å². The molecule has 2 aromatic carbocycles. The molecule has 1 fully saturated rings. The molecule has 3 aromatic rings. The van der Waals surface area contributed by atoms with E-state index in [-0.39, 0.29) is 49.4 Å². The molecule has 0 unspecified atom stereocenters. The molecule has 2 aliphatic heterocycles. The third-order valence-corrected chi connectivity index (χ3v) is 8.10. The summed E-state index contributed by atoms with van der Waals surface area (Å²) in [6, 6.07) is 6.39. The Morgan fingerprint density at radius 2 is 1.98 bits per heavy atom. The fourth-order valence-electron chi connectivity index (χ4n) is 4.47. The first-order chi connectivity index (χ1) is 19.7. The number of rotatable bonds is 7. The number of Topliss-reactive ketones (excluding diaryl/α,β-unsaturated/α-hetero) is 1. The normalized spacial score (nSPS) is 17.4. The molecule has 0 saturated carbocycles. The lowest BCUT2D eigenvalue weighted by atomic mass is 9.95. The van der Waals surface area contributed by atoms with Crippen molar-refractivity contribution >= 4 is 55.8 Å². The van der Waals surface area contributed by atoms with Crippen molar-refractivity contribution in [3.05, 3.63) is 74.7 Å². The van der Waals surface area contributed by atoms with Crippen molar-refractivity contribution in [3.63, 3.8) is 0 Å². The predicted molar refractivity (Wildman–Crippen MR) is 152 cm³/mol. The average Bonchev–Trinajstić information content (AvgIpc) is 3.48. The van der Waals surface area contributed by atoms with Crippen LogP contribution in [0.5, 0.6) is 23.0 Å². The summed E-state index contributed by atoms with van der Waals surface area (Å²) in [7, 11) is 1.35. The molecular formula is C28H23BrN2O9S. The third-order valence-electron chi connectivity index (χ3n) is 6.36. The number of nitrogens with zero attached hydrogens (tertiary/aromatic N) is 2. The maximum absolute atomic E-state index is 13.6. The number of phenolic OH excluding ortho intramolecular Hbond substituents is 1. The van der Waals surface area contributed by atoms with Gasteiger partial charge in [-0.2, -0.15) is 0 Å². The second-order valence-corrected chi connectivity index (χ2v) is 10.7. The lowest BCUT2D eigenvalue weighted by Crippen LogP contribution is -2.29. The molecule has 5 rings (SSSR count). The number of methoxy groups -OCH3 is 1. The Labute approximate surface area is 246 Å². The van der Waals surface area contributed by atoms with Crippen molar-refractivity contribution in [2.45, 2.75) is 13.0 Å². The zero-order chi connectivity index (χ0) is 29.4. The van der Waals surface area contributed by atoms with E-state index in [0.29, 0.717) is 30.3 Å². The Morgan fingerprint density at radius 1 is 1.24 bits per heavy atom. The monoisotopic (exact) mass is 642 g/mol. The number of carbonyl (C=O) groups excluding carboxylic acids is 3. The van der Waals surface area contributed by atoms with Crippen LogP contribution in [0.25, 0.3) is 5.76 Å². The number of aliphatic hydroxyl groups excluding tert-OH is 1. The van der Waals surface area contributed by atoms with Crippen LogP contribution in [0.4, 0.5) is 5.13 Å². The van der Waals surface area contributed by atoms with Crippen LogP contribution in [-0.4, -0.2) is 59.8 Å². The third kappa shape index (κ3) is 5.02.